The number of benzene rings is 2. The third kappa shape index (κ3) is 2.85. The van der Waals surface area contributed by atoms with E-state index in [1.165, 1.54) is 12.1 Å². The van der Waals surface area contributed by atoms with Crippen LogP contribution >= 0.6 is 11.8 Å². The maximum absolute atomic E-state index is 13.7. The van der Waals surface area contributed by atoms with Crippen molar-refractivity contribution in [3.63, 3.8) is 0 Å². The summed E-state index contributed by atoms with van der Waals surface area (Å²) in [7, 11) is 0. The van der Waals surface area contributed by atoms with Crippen LogP contribution in [-0.2, 0) is 0 Å². The number of anilines is 2. The van der Waals surface area contributed by atoms with Crippen LogP contribution in [0.1, 0.15) is 5.56 Å². The number of halogens is 2. The maximum atomic E-state index is 13.7. The Morgan fingerprint density at radius 1 is 1.05 bits per heavy atom. The Bertz CT molecular complexity index is 633. The lowest BCUT2D eigenvalue weighted by atomic mass is 10.2. The molecule has 2 rings (SSSR count). The predicted octanol–water partition coefficient (Wildman–Crippen LogP) is 4.30. The smallest absolute Gasteiger partial charge is 0.183 e. The van der Waals surface area contributed by atoms with Crippen molar-refractivity contribution in [2.24, 2.45) is 0 Å². The molecule has 0 unspecified atom stereocenters. The van der Waals surface area contributed by atoms with Gasteiger partial charge >= 0.3 is 0 Å². The second-order valence-corrected chi connectivity index (χ2v) is 4.63. The van der Waals surface area contributed by atoms with E-state index in [9.17, 15) is 8.78 Å². The summed E-state index contributed by atoms with van der Waals surface area (Å²) < 4.78 is 27.1. The summed E-state index contributed by atoms with van der Waals surface area (Å²) in [6.07, 6.45) is 1.96. The number of hydrogen-bond donors (Lipinski definition) is 1. The van der Waals surface area contributed by atoms with E-state index in [2.05, 4.69) is 5.32 Å². The number of rotatable bonds is 3. The van der Waals surface area contributed by atoms with Crippen molar-refractivity contribution in [3.8, 4) is 6.07 Å². The second-order valence-electron chi connectivity index (χ2n) is 3.75. The predicted molar refractivity (Wildman–Crippen MR) is 72.6 cm³/mol. The molecule has 0 aromatic heterocycles. The van der Waals surface area contributed by atoms with Crippen molar-refractivity contribution in [2.45, 2.75) is 4.90 Å². The van der Waals surface area contributed by atoms with Crippen LogP contribution in [-0.4, -0.2) is 6.26 Å². The van der Waals surface area contributed by atoms with Crippen LogP contribution in [0.4, 0.5) is 20.2 Å². The standard InChI is InChI=1S/C14H10F2N2S/c1-19-11-5-3-10(4-6-11)18-12-7-2-9(8-17)13(15)14(12)16/h2-7,18H,1H3. The fourth-order valence-corrected chi connectivity index (χ4v) is 1.97. The van der Waals surface area contributed by atoms with Crippen molar-refractivity contribution in [3.05, 3.63) is 53.6 Å². The Morgan fingerprint density at radius 2 is 1.74 bits per heavy atom. The van der Waals surface area contributed by atoms with Crippen molar-refractivity contribution < 1.29 is 8.78 Å². The lowest BCUT2D eigenvalue weighted by Crippen LogP contribution is -1.98. The zero-order valence-electron chi connectivity index (χ0n) is 10.1. The van der Waals surface area contributed by atoms with Crippen molar-refractivity contribution in [1.82, 2.24) is 0 Å². The molecule has 0 atom stereocenters. The molecule has 1 N–H and O–H groups in total. The van der Waals surface area contributed by atoms with Gasteiger partial charge in [0.1, 0.15) is 6.07 Å². The van der Waals surface area contributed by atoms with Crippen LogP contribution in [0, 0.1) is 23.0 Å². The quantitative estimate of drug-likeness (QED) is 0.849. The second kappa shape index (κ2) is 5.72. The van der Waals surface area contributed by atoms with Gasteiger partial charge in [-0.25, -0.2) is 8.78 Å². The molecule has 96 valence electrons. The highest BCUT2D eigenvalue weighted by atomic mass is 32.2. The normalized spacial score (nSPS) is 10.0. The van der Waals surface area contributed by atoms with E-state index in [0.29, 0.717) is 5.69 Å². The third-order valence-corrected chi connectivity index (χ3v) is 3.32. The first kappa shape index (κ1) is 13.4. The molecule has 0 amide bonds. The number of nitriles is 1. The first-order valence-electron chi connectivity index (χ1n) is 5.45. The molecule has 0 aliphatic carbocycles. The highest BCUT2D eigenvalue weighted by Crippen LogP contribution is 2.25. The fourth-order valence-electron chi connectivity index (χ4n) is 1.56. The summed E-state index contributed by atoms with van der Waals surface area (Å²) >= 11 is 1.60. The lowest BCUT2D eigenvalue weighted by Gasteiger charge is -2.09. The Balaban J connectivity index is 2.28. The molecule has 0 spiro atoms. The number of nitrogens with zero attached hydrogens (tertiary/aromatic N) is 1. The summed E-state index contributed by atoms with van der Waals surface area (Å²) in [5, 5.41) is 11.4. The first-order valence-corrected chi connectivity index (χ1v) is 6.67. The van der Waals surface area contributed by atoms with Crippen LogP contribution in [0.25, 0.3) is 0 Å². The Kier molecular flexibility index (Phi) is 4.03. The van der Waals surface area contributed by atoms with Gasteiger partial charge in [0.25, 0.3) is 0 Å². The van der Waals surface area contributed by atoms with Crippen LogP contribution in [0.5, 0.6) is 0 Å². The minimum Gasteiger partial charge on any atom is -0.353 e. The van der Waals surface area contributed by atoms with Gasteiger partial charge in [-0.15, -0.1) is 11.8 Å². The van der Waals surface area contributed by atoms with Gasteiger partial charge < -0.3 is 5.32 Å². The van der Waals surface area contributed by atoms with Gasteiger partial charge in [0.2, 0.25) is 0 Å². The third-order valence-electron chi connectivity index (χ3n) is 2.57. The monoisotopic (exact) mass is 276 g/mol. The molecule has 0 aliphatic heterocycles. The van der Waals surface area contributed by atoms with Crippen LogP contribution in [0.15, 0.2) is 41.3 Å². The molecule has 0 aliphatic rings. The van der Waals surface area contributed by atoms with E-state index in [0.717, 1.165) is 4.90 Å². The summed E-state index contributed by atoms with van der Waals surface area (Å²) in [4.78, 5) is 1.08. The highest BCUT2D eigenvalue weighted by molar-refractivity contribution is 7.98. The van der Waals surface area contributed by atoms with Gasteiger partial charge in [0.05, 0.1) is 11.3 Å². The summed E-state index contributed by atoms with van der Waals surface area (Å²) in [5.41, 5.74) is 0.356. The summed E-state index contributed by atoms with van der Waals surface area (Å²) in [5.74, 6) is -2.18. The average molecular weight is 276 g/mol. The highest BCUT2D eigenvalue weighted by Gasteiger charge is 2.13. The van der Waals surface area contributed by atoms with E-state index >= 15 is 0 Å². The molecule has 0 fully saturated rings. The van der Waals surface area contributed by atoms with Crippen molar-refractivity contribution in [2.75, 3.05) is 11.6 Å². The SMILES string of the molecule is CSc1ccc(Nc2ccc(C#N)c(F)c2F)cc1. The van der Waals surface area contributed by atoms with Crippen molar-refractivity contribution >= 4 is 23.1 Å². The average Bonchev–Trinajstić information content (AvgIpc) is 2.45. The maximum Gasteiger partial charge on any atom is 0.183 e. The van der Waals surface area contributed by atoms with Crippen LogP contribution < -0.4 is 5.32 Å². The number of nitrogens with one attached hydrogen (secondary N) is 1. The van der Waals surface area contributed by atoms with Gasteiger partial charge in [-0.3, -0.25) is 0 Å². The van der Waals surface area contributed by atoms with Crippen molar-refractivity contribution in [1.29, 1.82) is 5.26 Å². The molecule has 2 nitrogen and oxygen atoms in total. The van der Waals surface area contributed by atoms with E-state index in [4.69, 9.17) is 5.26 Å². The summed E-state index contributed by atoms with van der Waals surface area (Å²) in [6, 6.07) is 11.5. The van der Waals surface area contributed by atoms with E-state index < -0.39 is 11.6 Å². The molecule has 0 bridgehead atoms. The van der Waals surface area contributed by atoms with E-state index in [1.54, 1.807) is 30.0 Å². The minimum atomic E-state index is -1.13. The minimum absolute atomic E-state index is 0.00778. The first-order chi connectivity index (χ1) is 9.15. The Labute approximate surface area is 114 Å². The van der Waals surface area contributed by atoms with E-state index in [-0.39, 0.29) is 11.3 Å². The Hall–Kier alpha value is -2.06. The lowest BCUT2D eigenvalue weighted by molar-refractivity contribution is 0.509. The van der Waals surface area contributed by atoms with Gasteiger partial charge in [0, 0.05) is 10.6 Å². The number of hydrogen-bond acceptors (Lipinski definition) is 3. The van der Waals surface area contributed by atoms with Gasteiger partial charge in [-0.1, -0.05) is 0 Å². The molecule has 5 heteroatoms. The molecular weight excluding hydrogens is 266 g/mol. The van der Waals surface area contributed by atoms with Gasteiger partial charge in [-0.2, -0.15) is 5.26 Å². The van der Waals surface area contributed by atoms with E-state index in [1.807, 2.05) is 18.4 Å². The zero-order valence-corrected chi connectivity index (χ0v) is 10.9. The summed E-state index contributed by atoms with van der Waals surface area (Å²) in [6.45, 7) is 0. The zero-order chi connectivity index (χ0) is 13.8. The molecular formula is C14H10F2N2S. The fraction of sp³-hybridized carbons (Fsp3) is 0.0714. The van der Waals surface area contributed by atoms with Gasteiger partial charge in [0.15, 0.2) is 11.6 Å². The molecule has 19 heavy (non-hydrogen) atoms. The number of thioether (sulfide) groups is 1. The van der Waals surface area contributed by atoms with Gasteiger partial charge in [-0.05, 0) is 42.7 Å². The topological polar surface area (TPSA) is 35.8 Å². The van der Waals surface area contributed by atoms with Crippen LogP contribution in [0.3, 0.4) is 0 Å². The molecule has 0 radical (unpaired) electrons. The molecule has 0 heterocycles. The molecule has 2 aromatic rings. The molecule has 0 saturated heterocycles. The largest absolute Gasteiger partial charge is 0.353 e. The Morgan fingerprint density at radius 3 is 2.32 bits per heavy atom. The molecule has 0 saturated carbocycles. The van der Waals surface area contributed by atoms with Crippen LogP contribution in [0.2, 0.25) is 0 Å². The molecule has 2 aromatic carbocycles.